The zero-order valence-electron chi connectivity index (χ0n) is 24.1. The van der Waals surface area contributed by atoms with E-state index in [0.29, 0.717) is 0 Å². The van der Waals surface area contributed by atoms with E-state index in [1.807, 2.05) is 0 Å². The van der Waals surface area contributed by atoms with Gasteiger partial charge in [0, 0.05) is 38.5 Å². The summed E-state index contributed by atoms with van der Waals surface area (Å²) in [6.07, 6.45) is 0. The van der Waals surface area contributed by atoms with E-state index in [1.165, 1.54) is 65.9 Å². The van der Waals surface area contributed by atoms with Gasteiger partial charge in [-0.1, -0.05) is 133 Å². The molecule has 9 rings (SSSR count). The van der Waals surface area contributed by atoms with Crippen LogP contribution in [0.5, 0.6) is 0 Å². The zero-order valence-corrected chi connectivity index (χ0v) is 24.1. The van der Waals surface area contributed by atoms with Crippen LogP contribution in [-0.2, 0) is 0 Å². The molecule has 44 heavy (non-hydrogen) atoms. The smallest absolute Gasteiger partial charge is 0.0641 e. The van der Waals surface area contributed by atoms with Gasteiger partial charge in [-0.15, -0.1) is 0 Å². The maximum absolute atomic E-state index is 2.52. The Bertz CT molecular complexity index is 2470. The van der Waals surface area contributed by atoms with E-state index in [4.69, 9.17) is 0 Å². The summed E-state index contributed by atoms with van der Waals surface area (Å²) in [7, 11) is 0. The Morgan fingerprint density at radius 1 is 0.318 bits per heavy atom. The summed E-state index contributed by atoms with van der Waals surface area (Å²) in [5, 5.41) is 5.03. The lowest BCUT2D eigenvalue weighted by molar-refractivity contribution is 1.17. The average Bonchev–Trinajstić information content (AvgIpc) is 3.62. The Hall–Kier alpha value is -5.86. The molecule has 2 heterocycles. The molecule has 0 aliphatic carbocycles. The molecule has 0 spiro atoms. The van der Waals surface area contributed by atoms with Gasteiger partial charge in [-0.25, -0.2) is 0 Å². The second-order valence-electron chi connectivity index (χ2n) is 11.4. The molecule has 0 radical (unpaired) electrons. The Balaban J connectivity index is 1.49. The summed E-state index contributed by atoms with van der Waals surface area (Å²) in [4.78, 5) is 0. The van der Waals surface area contributed by atoms with E-state index < -0.39 is 0 Å². The molecule has 2 nitrogen and oxygen atoms in total. The number of aromatic nitrogens is 2. The first-order chi connectivity index (χ1) is 21.9. The van der Waals surface area contributed by atoms with Crippen molar-refractivity contribution in [3.8, 4) is 33.6 Å². The number of rotatable bonds is 4. The molecule has 2 heteroatoms. The minimum absolute atomic E-state index is 1.15. The molecule has 0 aliphatic rings. The molecule has 9 aromatic rings. The third-order valence-electron chi connectivity index (χ3n) is 8.90. The quantitative estimate of drug-likeness (QED) is 0.203. The van der Waals surface area contributed by atoms with Gasteiger partial charge >= 0.3 is 0 Å². The van der Waals surface area contributed by atoms with Gasteiger partial charge in [-0.2, -0.15) is 0 Å². The fraction of sp³-hybridized carbons (Fsp3) is 0. The second kappa shape index (κ2) is 9.86. The highest BCUT2D eigenvalue weighted by atomic mass is 15.0. The molecule has 0 aliphatic heterocycles. The molecule has 206 valence electrons. The predicted molar refractivity (Wildman–Crippen MR) is 186 cm³/mol. The maximum Gasteiger partial charge on any atom is 0.0641 e. The second-order valence-corrected chi connectivity index (χ2v) is 11.4. The SMILES string of the molecule is c1ccc(-c2cccc(-n3c4c(-c5ccccc5)cccc4c4ccc5c(c6ccccc6n5-c5ccccc5)c43)c2)cc1. The molecule has 0 unspecified atom stereocenters. The number of hydrogen-bond donors (Lipinski definition) is 0. The Kier molecular flexibility index (Phi) is 5.54. The lowest BCUT2D eigenvalue weighted by Crippen LogP contribution is -1.97. The summed E-state index contributed by atoms with van der Waals surface area (Å²) in [6.45, 7) is 0. The van der Waals surface area contributed by atoms with Gasteiger partial charge < -0.3 is 9.13 Å². The summed E-state index contributed by atoms with van der Waals surface area (Å²) in [5.74, 6) is 0. The summed E-state index contributed by atoms with van der Waals surface area (Å²) in [6, 6.07) is 61.3. The van der Waals surface area contributed by atoms with Gasteiger partial charge in [-0.3, -0.25) is 0 Å². The standard InChI is InChI=1S/C42H28N2/c1-4-14-29(15-5-1)31-18-12-21-33(28-31)44-41-34(30-16-6-2-7-17-30)23-13-24-35(41)36-26-27-39-40(42(36)44)37-22-10-11-25-38(37)43(39)32-19-8-3-9-20-32/h1-28H. The Morgan fingerprint density at radius 2 is 0.909 bits per heavy atom. The highest BCUT2D eigenvalue weighted by Gasteiger charge is 2.22. The molecule has 0 saturated heterocycles. The highest BCUT2D eigenvalue weighted by Crippen LogP contribution is 2.44. The molecule has 7 aromatic carbocycles. The number of benzene rings is 7. The van der Waals surface area contributed by atoms with Gasteiger partial charge in [-0.05, 0) is 53.1 Å². The summed E-state index contributed by atoms with van der Waals surface area (Å²) in [5.41, 5.74) is 12.0. The van der Waals surface area contributed by atoms with Crippen molar-refractivity contribution in [1.82, 2.24) is 9.13 Å². The number of nitrogens with zero attached hydrogens (tertiary/aromatic N) is 2. The molecule has 2 aromatic heterocycles. The van der Waals surface area contributed by atoms with E-state index in [0.717, 1.165) is 11.4 Å². The van der Waals surface area contributed by atoms with Crippen LogP contribution in [-0.4, -0.2) is 9.13 Å². The van der Waals surface area contributed by atoms with Gasteiger partial charge in [0.15, 0.2) is 0 Å². The van der Waals surface area contributed by atoms with Gasteiger partial charge in [0.2, 0.25) is 0 Å². The van der Waals surface area contributed by atoms with Crippen molar-refractivity contribution in [1.29, 1.82) is 0 Å². The van der Waals surface area contributed by atoms with Crippen molar-refractivity contribution in [3.05, 3.63) is 170 Å². The normalized spacial score (nSPS) is 11.6. The number of hydrogen-bond acceptors (Lipinski definition) is 0. The van der Waals surface area contributed by atoms with Crippen molar-refractivity contribution < 1.29 is 0 Å². The highest BCUT2D eigenvalue weighted by molar-refractivity contribution is 6.27. The van der Waals surface area contributed by atoms with Crippen molar-refractivity contribution in [2.45, 2.75) is 0 Å². The molecule has 0 N–H and O–H groups in total. The predicted octanol–water partition coefficient (Wildman–Crippen LogP) is 11.2. The Labute approximate surface area is 255 Å². The van der Waals surface area contributed by atoms with Crippen LogP contribution >= 0.6 is 0 Å². The van der Waals surface area contributed by atoms with E-state index in [-0.39, 0.29) is 0 Å². The molecule has 0 bridgehead atoms. The van der Waals surface area contributed by atoms with E-state index in [1.54, 1.807) is 0 Å². The third-order valence-corrected chi connectivity index (χ3v) is 8.90. The monoisotopic (exact) mass is 560 g/mol. The van der Waals surface area contributed by atoms with Crippen molar-refractivity contribution in [2.75, 3.05) is 0 Å². The number of para-hydroxylation sites is 3. The van der Waals surface area contributed by atoms with Crippen LogP contribution in [0.25, 0.3) is 77.2 Å². The van der Waals surface area contributed by atoms with Gasteiger partial charge in [0.1, 0.15) is 0 Å². The van der Waals surface area contributed by atoms with Crippen LogP contribution in [0.4, 0.5) is 0 Å². The topological polar surface area (TPSA) is 9.86 Å². The lowest BCUT2D eigenvalue weighted by Gasteiger charge is -2.14. The maximum atomic E-state index is 2.52. The largest absolute Gasteiger partial charge is 0.309 e. The average molecular weight is 561 g/mol. The third kappa shape index (κ3) is 3.68. The minimum atomic E-state index is 1.15. The lowest BCUT2D eigenvalue weighted by atomic mass is 10.0. The fourth-order valence-corrected chi connectivity index (χ4v) is 7.02. The fourth-order valence-electron chi connectivity index (χ4n) is 7.02. The van der Waals surface area contributed by atoms with Crippen molar-refractivity contribution >= 4 is 43.6 Å². The van der Waals surface area contributed by atoms with Crippen LogP contribution in [0.15, 0.2) is 170 Å². The van der Waals surface area contributed by atoms with Crippen LogP contribution in [0.2, 0.25) is 0 Å². The van der Waals surface area contributed by atoms with Crippen molar-refractivity contribution in [2.24, 2.45) is 0 Å². The first-order valence-corrected chi connectivity index (χ1v) is 15.1. The van der Waals surface area contributed by atoms with Crippen LogP contribution in [0, 0.1) is 0 Å². The van der Waals surface area contributed by atoms with E-state index >= 15 is 0 Å². The van der Waals surface area contributed by atoms with E-state index in [9.17, 15) is 0 Å². The molecule has 0 saturated carbocycles. The summed E-state index contributed by atoms with van der Waals surface area (Å²) < 4.78 is 4.92. The summed E-state index contributed by atoms with van der Waals surface area (Å²) >= 11 is 0. The van der Waals surface area contributed by atoms with Crippen LogP contribution in [0.3, 0.4) is 0 Å². The molecular weight excluding hydrogens is 532 g/mol. The van der Waals surface area contributed by atoms with Gasteiger partial charge in [0.05, 0.1) is 22.1 Å². The Morgan fingerprint density at radius 3 is 1.70 bits per heavy atom. The molecule has 0 fully saturated rings. The number of fused-ring (bicyclic) bond motifs is 7. The molecule has 0 atom stereocenters. The molecular formula is C42H28N2. The van der Waals surface area contributed by atoms with Crippen LogP contribution in [0.1, 0.15) is 0 Å². The zero-order chi connectivity index (χ0) is 29.0. The molecule has 0 amide bonds. The minimum Gasteiger partial charge on any atom is -0.309 e. The van der Waals surface area contributed by atoms with Crippen LogP contribution < -0.4 is 0 Å². The van der Waals surface area contributed by atoms with E-state index in [2.05, 4.69) is 179 Å². The van der Waals surface area contributed by atoms with Gasteiger partial charge in [0.25, 0.3) is 0 Å². The first kappa shape index (κ1) is 24.7. The van der Waals surface area contributed by atoms with Crippen molar-refractivity contribution in [3.63, 3.8) is 0 Å². The first-order valence-electron chi connectivity index (χ1n) is 15.1.